The summed E-state index contributed by atoms with van der Waals surface area (Å²) in [7, 11) is 0. The molecular formula is C20H25N3O6. The fraction of sp³-hybridized carbons (Fsp3) is 0.500. The van der Waals surface area contributed by atoms with Crippen LogP contribution in [0.15, 0.2) is 24.3 Å². The van der Waals surface area contributed by atoms with Gasteiger partial charge in [0, 0.05) is 13.0 Å². The molecule has 1 saturated carbocycles. The minimum atomic E-state index is -1.19. The van der Waals surface area contributed by atoms with Gasteiger partial charge in [-0.25, -0.2) is 9.59 Å². The van der Waals surface area contributed by atoms with Gasteiger partial charge in [0.1, 0.15) is 5.75 Å². The van der Waals surface area contributed by atoms with Crippen molar-refractivity contribution >= 4 is 29.5 Å². The number of fused-ring (bicyclic) bond motifs is 1. The molecule has 2 aliphatic rings. The highest BCUT2D eigenvalue weighted by Gasteiger charge is 2.35. The topological polar surface area (TPSA) is 114 Å². The Bertz CT molecular complexity index is 805. The van der Waals surface area contributed by atoms with Gasteiger partial charge >= 0.3 is 12.0 Å². The van der Waals surface area contributed by atoms with Crippen LogP contribution < -0.4 is 20.3 Å². The van der Waals surface area contributed by atoms with Crippen LogP contribution >= 0.6 is 0 Å². The van der Waals surface area contributed by atoms with Crippen LogP contribution in [0, 0.1) is 0 Å². The van der Waals surface area contributed by atoms with E-state index in [2.05, 4.69) is 10.6 Å². The number of hydrogen-bond donors (Lipinski definition) is 2. The second-order valence-corrected chi connectivity index (χ2v) is 7.23. The van der Waals surface area contributed by atoms with Crippen molar-refractivity contribution in [2.45, 2.75) is 57.8 Å². The molecule has 0 aromatic heterocycles. The lowest BCUT2D eigenvalue weighted by atomic mass is 10.2. The van der Waals surface area contributed by atoms with Crippen LogP contribution in [0.4, 0.5) is 10.5 Å². The van der Waals surface area contributed by atoms with Gasteiger partial charge in [-0.05, 0) is 31.9 Å². The molecule has 1 aromatic rings. The van der Waals surface area contributed by atoms with E-state index < -0.39 is 30.1 Å². The Labute approximate surface area is 168 Å². The number of rotatable bonds is 4. The Hall–Kier alpha value is -3.10. The van der Waals surface area contributed by atoms with Crippen LogP contribution in [0.5, 0.6) is 5.75 Å². The molecule has 0 bridgehead atoms. The van der Waals surface area contributed by atoms with E-state index in [1.807, 2.05) is 0 Å². The maximum absolute atomic E-state index is 12.5. The number of benzene rings is 1. The van der Waals surface area contributed by atoms with Crippen LogP contribution in [-0.2, 0) is 19.1 Å². The number of anilines is 1. The first-order valence-electron chi connectivity index (χ1n) is 9.71. The number of ether oxygens (including phenoxy) is 2. The molecule has 0 spiro atoms. The largest absolute Gasteiger partial charge is 0.475 e. The van der Waals surface area contributed by atoms with E-state index in [1.54, 1.807) is 24.3 Å². The summed E-state index contributed by atoms with van der Waals surface area (Å²) < 4.78 is 10.8. The van der Waals surface area contributed by atoms with Gasteiger partial charge in [-0.15, -0.1) is 0 Å². The Balaban J connectivity index is 1.55. The summed E-state index contributed by atoms with van der Waals surface area (Å²) in [4.78, 5) is 49.9. The predicted molar refractivity (Wildman–Crippen MR) is 103 cm³/mol. The van der Waals surface area contributed by atoms with Crippen molar-refractivity contribution in [2.75, 3.05) is 11.4 Å². The molecule has 1 aliphatic carbocycles. The highest BCUT2D eigenvalue weighted by atomic mass is 16.6. The minimum Gasteiger partial charge on any atom is -0.475 e. The van der Waals surface area contributed by atoms with Gasteiger partial charge in [-0.1, -0.05) is 25.0 Å². The number of urea groups is 1. The van der Waals surface area contributed by atoms with Gasteiger partial charge in [0.25, 0.3) is 5.91 Å². The maximum Gasteiger partial charge on any atom is 0.350 e. The normalized spacial score (nSPS) is 19.5. The molecule has 3 rings (SSSR count). The standard InChI is InChI=1S/C20H25N3O6/c1-12(18(25)22-20(27)21-14-7-3-4-8-14)28-19(26)17-11-23(13(2)24)15-9-5-6-10-16(15)29-17/h5-6,9-10,12,14,17H,3-4,7-8,11H2,1-2H3,(H2,21,22,25,27)/t12-,17-/m0/s1. The van der Waals surface area contributed by atoms with Gasteiger partial charge in [-0.2, -0.15) is 0 Å². The number of esters is 1. The van der Waals surface area contributed by atoms with E-state index in [9.17, 15) is 19.2 Å². The summed E-state index contributed by atoms with van der Waals surface area (Å²) in [5, 5.41) is 4.92. The first-order valence-corrected chi connectivity index (χ1v) is 9.71. The van der Waals surface area contributed by atoms with Crippen molar-refractivity contribution in [1.82, 2.24) is 10.6 Å². The predicted octanol–water partition coefficient (Wildman–Crippen LogP) is 1.50. The molecular weight excluding hydrogens is 378 g/mol. The van der Waals surface area contributed by atoms with Crippen molar-refractivity contribution < 1.29 is 28.7 Å². The minimum absolute atomic E-state index is 0.0261. The smallest absolute Gasteiger partial charge is 0.350 e. The molecule has 29 heavy (non-hydrogen) atoms. The van der Waals surface area contributed by atoms with Crippen molar-refractivity contribution in [3.8, 4) is 5.75 Å². The molecule has 9 heteroatoms. The molecule has 1 fully saturated rings. The highest BCUT2D eigenvalue weighted by molar-refractivity contribution is 5.98. The third kappa shape index (κ3) is 5.04. The average Bonchev–Trinajstić information content (AvgIpc) is 3.19. The highest BCUT2D eigenvalue weighted by Crippen LogP contribution is 2.33. The SMILES string of the molecule is CC(=O)N1C[C@@H](C(=O)O[C@@H](C)C(=O)NC(=O)NC2CCCC2)Oc2ccccc21. The first kappa shape index (κ1) is 20.6. The Morgan fingerprint density at radius 2 is 1.86 bits per heavy atom. The van der Waals surface area contributed by atoms with Crippen LogP contribution in [-0.4, -0.2) is 48.6 Å². The summed E-state index contributed by atoms with van der Waals surface area (Å²) >= 11 is 0. The number of hydrogen-bond acceptors (Lipinski definition) is 6. The zero-order chi connectivity index (χ0) is 21.0. The van der Waals surface area contributed by atoms with Crippen molar-refractivity contribution in [3.63, 3.8) is 0 Å². The molecule has 1 heterocycles. The van der Waals surface area contributed by atoms with Crippen molar-refractivity contribution in [3.05, 3.63) is 24.3 Å². The zero-order valence-electron chi connectivity index (χ0n) is 16.5. The monoisotopic (exact) mass is 403 g/mol. The van der Waals surface area contributed by atoms with E-state index in [4.69, 9.17) is 9.47 Å². The molecule has 0 saturated heterocycles. The number of nitrogens with zero attached hydrogens (tertiary/aromatic N) is 1. The number of para-hydroxylation sites is 2. The number of carbonyl (C=O) groups excluding carboxylic acids is 4. The van der Waals surface area contributed by atoms with Gasteiger partial charge in [0.2, 0.25) is 12.0 Å². The lowest BCUT2D eigenvalue weighted by Gasteiger charge is -2.33. The summed E-state index contributed by atoms with van der Waals surface area (Å²) in [5.41, 5.74) is 0.568. The van der Waals surface area contributed by atoms with Gasteiger partial charge < -0.3 is 19.7 Å². The Kier molecular flexibility index (Phi) is 6.36. The third-order valence-electron chi connectivity index (χ3n) is 5.01. The van der Waals surface area contributed by atoms with Gasteiger partial charge in [0.05, 0.1) is 12.2 Å². The van der Waals surface area contributed by atoms with Crippen LogP contribution in [0.25, 0.3) is 0 Å². The molecule has 4 amide bonds. The summed E-state index contributed by atoms with van der Waals surface area (Å²) in [5.74, 6) is -1.38. The van der Waals surface area contributed by atoms with Crippen molar-refractivity contribution in [1.29, 1.82) is 0 Å². The van der Waals surface area contributed by atoms with Crippen molar-refractivity contribution in [2.24, 2.45) is 0 Å². The third-order valence-corrected chi connectivity index (χ3v) is 5.01. The van der Waals surface area contributed by atoms with E-state index >= 15 is 0 Å². The summed E-state index contributed by atoms with van der Waals surface area (Å²) in [6.07, 6.45) is 1.61. The van der Waals surface area contributed by atoms with Crippen LogP contribution in [0.3, 0.4) is 0 Å². The number of nitrogens with one attached hydrogen (secondary N) is 2. The molecule has 0 radical (unpaired) electrons. The molecule has 9 nitrogen and oxygen atoms in total. The molecule has 2 atom stereocenters. The van der Waals surface area contributed by atoms with E-state index in [0.29, 0.717) is 11.4 Å². The second kappa shape index (κ2) is 8.93. The van der Waals surface area contributed by atoms with Crippen LogP contribution in [0.1, 0.15) is 39.5 Å². The zero-order valence-corrected chi connectivity index (χ0v) is 16.5. The van der Waals surface area contributed by atoms with E-state index in [1.165, 1.54) is 18.7 Å². The molecule has 2 N–H and O–H groups in total. The van der Waals surface area contributed by atoms with E-state index in [0.717, 1.165) is 25.7 Å². The number of amides is 4. The lowest BCUT2D eigenvalue weighted by Crippen LogP contribution is -2.50. The maximum atomic E-state index is 12.5. The quantitative estimate of drug-likeness (QED) is 0.737. The molecule has 156 valence electrons. The molecule has 0 unspecified atom stereocenters. The van der Waals surface area contributed by atoms with E-state index in [-0.39, 0.29) is 18.5 Å². The Morgan fingerprint density at radius 3 is 2.55 bits per heavy atom. The Morgan fingerprint density at radius 1 is 1.17 bits per heavy atom. The summed E-state index contributed by atoms with van der Waals surface area (Å²) in [6.45, 7) is 2.74. The fourth-order valence-corrected chi connectivity index (χ4v) is 3.46. The molecule has 1 aromatic carbocycles. The average molecular weight is 403 g/mol. The van der Waals surface area contributed by atoms with Crippen LogP contribution in [0.2, 0.25) is 0 Å². The molecule has 1 aliphatic heterocycles. The fourth-order valence-electron chi connectivity index (χ4n) is 3.46. The van der Waals surface area contributed by atoms with Gasteiger partial charge in [-0.3, -0.25) is 14.9 Å². The number of imide groups is 1. The second-order valence-electron chi connectivity index (χ2n) is 7.23. The summed E-state index contributed by atoms with van der Waals surface area (Å²) in [6, 6.07) is 6.32. The lowest BCUT2D eigenvalue weighted by molar-refractivity contribution is -0.161. The van der Waals surface area contributed by atoms with Gasteiger partial charge in [0.15, 0.2) is 6.10 Å². The first-order chi connectivity index (χ1) is 13.8. The number of carbonyl (C=O) groups is 4.